The minimum absolute atomic E-state index is 0.0461. The van der Waals surface area contributed by atoms with Crippen LogP contribution in [0.4, 0.5) is 10.5 Å². The number of carbonyl (C=O) groups excluding carboxylic acids is 1. The second kappa shape index (κ2) is 7.32. The lowest BCUT2D eigenvalue weighted by atomic mass is 10.2. The van der Waals surface area contributed by atoms with Crippen molar-refractivity contribution in [3.8, 4) is 0 Å². The standard InChI is InChI=1S/C11H12BrClN2O4/c12-7-5-6(13)1-2-8(7)15-11(19)14-4-3-9(16)10(17)18/h1-2,5,9,16H,3-4H2,(H,17,18)(H2,14,15,19). The number of benzene rings is 1. The topological polar surface area (TPSA) is 98.7 Å². The van der Waals surface area contributed by atoms with Crippen LogP contribution in [-0.4, -0.2) is 34.9 Å². The number of aliphatic carboxylic acids is 1. The van der Waals surface area contributed by atoms with Crippen molar-refractivity contribution in [3.05, 3.63) is 27.7 Å². The van der Waals surface area contributed by atoms with Crippen LogP contribution in [0.1, 0.15) is 6.42 Å². The fourth-order valence-corrected chi connectivity index (χ4v) is 1.99. The van der Waals surface area contributed by atoms with Crippen molar-refractivity contribution in [2.45, 2.75) is 12.5 Å². The summed E-state index contributed by atoms with van der Waals surface area (Å²) in [5, 5.41) is 23.0. The molecular weight excluding hydrogens is 339 g/mol. The Balaban J connectivity index is 2.41. The van der Waals surface area contributed by atoms with Crippen molar-refractivity contribution >= 4 is 45.2 Å². The lowest BCUT2D eigenvalue weighted by Gasteiger charge is -2.10. The summed E-state index contributed by atoms with van der Waals surface area (Å²) in [6.07, 6.45) is -1.55. The molecule has 1 unspecified atom stereocenters. The van der Waals surface area contributed by atoms with Gasteiger partial charge in [-0.1, -0.05) is 11.6 Å². The molecule has 0 fully saturated rings. The molecule has 19 heavy (non-hydrogen) atoms. The smallest absolute Gasteiger partial charge is 0.332 e. The number of halogens is 2. The summed E-state index contributed by atoms with van der Waals surface area (Å²) in [5.41, 5.74) is 0.528. The Morgan fingerprint density at radius 1 is 1.42 bits per heavy atom. The van der Waals surface area contributed by atoms with Crippen molar-refractivity contribution in [2.24, 2.45) is 0 Å². The summed E-state index contributed by atoms with van der Waals surface area (Å²) in [6.45, 7) is 0.0461. The maximum atomic E-state index is 11.5. The number of amides is 2. The van der Waals surface area contributed by atoms with Gasteiger partial charge in [0.1, 0.15) is 0 Å². The molecule has 0 aliphatic carbocycles. The molecule has 6 nitrogen and oxygen atoms in total. The van der Waals surface area contributed by atoms with Crippen LogP contribution >= 0.6 is 27.5 Å². The van der Waals surface area contributed by atoms with Crippen LogP contribution < -0.4 is 10.6 Å². The Hall–Kier alpha value is -1.31. The SMILES string of the molecule is O=C(NCCC(O)C(=O)O)Nc1ccc(Cl)cc1Br. The molecule has 0 bridgehead atoms. The molecule has 0 aliphatic rings. The number of carboxylic acid groups (broad SMARTS) is 1. The van der Waals surface area contributed by atoms with Gasteiger partial charge in [-0.25, -0.2) is 9.59 Å². The van der Waals surface area contributed by atoms with Crippen molar-refractivity contribution in [1.82, 2.24) is 5.32 Å². The number of aliphatic hydroxyl groups is 1. The van der Waals surface area contributed by atoms with Crippen LogP contribution in [0.15, 0.2) is 22.7 Å². The van der Waals surface area contributed by atoms with E-state index in [4.69, 9.17) is 21.8 Å². The van der Waals surface area contributed by atoms with Gasteiger partial charge >= 0.3 is 12.0 Å². The molecule has 0 radical (unpaired) electrons. The predicted octanol–water partition coefficient (Wildman–Crippen LogP) is 2.06. The van der Waals surface area contributed by atoms with Gasteiger partial charge in [-0.3, -0.25) is 0 Å². The van der Waals surface area contributed by atoms with Crippen LogP contribution in [-0.2, 0) is 4.79 Å². The fourth-order valence-electron chi connectivity index (χ4n) is 1.20. The first-order valence-electron chi connectivity index (χ1n) is 5.31. The van der Waals surface area contributed by atoms with Crippen LogP contribution in [0.3, 0.4) is 0 Å². The van der Waals surface area contributed by atoms with Crippen molar-refractivity contribution in [3.63, 3.8) is 0 Å². The first kappa shape index (κ1) is 15.7. The van der Waals surface area contributed by atoms with E-state index in [9.17, 15) is 9.59 Å². The van der Waals surface area contributed by atoms with Crippen LogP contribution in [0.5, 0.6) is 0 Å². The second-order valence-corrected chi connectivity index (χ2v) is 4.94. The van der Waals surface area contributed by atoms with Crippen molar-refractivity contribution in [1.29, 1.82) is 0 Å². The van der Waals surface area contributed by atoms with Crippen LogP contribution in [0, 0.1) is 0 Å². The Bertz CT molecular complexity index is 484. The number of anilines is 1. The largest absolute Gasteiger partial charge is 0.479 e. The van der Waals surface area contributed by atoms with Gasteiger partial charge in [-0.2, -0.15) is 0 Å². The molecule has 8 heteroatoms. The minimum atomic E-state index is -1.48. The molecule has 0 saturated carbocycles. The zero-order chi connectivity index (χ0) is 14.4. The molecule has 1 aromatic carbocycles. The molecule has 1 atom stereocenters. The number of hydrogen-bond acceptors (Lipinski definition) is 3. The summed E-state index contributed by atoms with van der Waals surface area (Å²) >= 11 is 9.00. The minimum Gasteiger partial charge on any atom is -0.479 e. The van der Waals surface area contributed by atoms with Gasteiger partial charge in [0.15, 0.2) is 6.10 Å². The van der Waals surface area contributed by atoms with Gasteiger partial charge < -0.3 is 20.8 Å². The highest BCUT2D eigenvalue weighted by molar-refractivity contribution is 9.10. The molecule has 0 spiro atoms. The summed E-state index contributed by atoms with van der Waals surface area (Å²) < 4.78 is 0.626. The highest BCUT2D eigenvalue weighted by Crippen LogP contribution is 2.25. The molecule has 2 amide bonds. The average molecular weight is 352 g/mol. The predicted molar refractivity (Wildman–Crippen MR) is 74.4 cm³/mol. The molecule has 4 N–H and O–H groups in total. The van der Waals surface area contributed by atoms with Crippen LogP contribution in [0.25, 0.3) is 0 Å². The maximum absolute atomic E-state index is 11.5. The zero-order valence-electron chi connectivity index (χ0n) is 9.69. The lowest BCUT2D eigenvalue weighted by Crippen LogP contribution is -2.33. The molecule has 0 aromatic heterocycles. The summed E-state index contributed by atoms with van der Waals surface area (Å²) in [6, 6.07) is 4.38. The highest BCUT2D eigenvalue weighted by Gasteiger charge is 2.13. The average Bonchev–Trinajstić information content (AvgIpc) is 2.32. The van der Waals surface area contributed by atoms with E-state index in [0.717, 1.165) is 0 Å². The maximum Gasteiger partial charge on any atom is 0.332 e. The molecular formula is C11H12BrClN2O4. The number of carboxylic acids is 1. The van der Waals surface area contributed by atoms with Gasteiger partial charge in [0, 0.05) is 22.5 Å². The fraction of sp³-hybridized carbons (Fsp3) is 0.273. The van der Waals surface area contributed by atoms with Gasteiger partial charge in [0.25, 0.3) is 0 Å². The molecule has 1 aromatic rings. The number of urea groups is 1. The molecule has 0 heterocycles. The van der Waals surface area contributed by atoms with Gasteiger partial charge in [-0.15, -0.1) is 0 Å². The third kappa shape index (κ3) is 5.46. The number of hydrogen-bond donors (Lipinski definition) is 4. The summed E-state index contributed by atoms with van der Waals surface area (Å²) in [5.74, 6) is -1.32. The van der Waals surface area contributed by atoms with Crippen molar-refractivity contribution < 1.29 is 19.8 Å². The quantitative estimate of drug-likeness (QED) is 0.652. The summed E-state index contributed by atoms with van der Waals surface area (Å²) in [7, 11) is 0. The molecule has 1 rings (SSSR count). The van der Waals surface area contributed by atoms with Gasteiger partial charge in [-0.05, 0) is 34.1 Å². The zero-order valence-corrected chi connectivity index (χ0v) is 12.0. The van der Waals surface area contributed by atoms with Crippen molar-refractivity contribution in [2.75, 3.05) is 11.9 Å². The second-order valence-electron chi connectivity index (χ2n) is 3.65. The van der Waals surface area contributed by atoms with E-state index in [1.165, 1.54) is 0 Å². The van der Waals surface area contributed by atoms with Gasteiger partial charge in [0.05, 0.1) is 5.69 Å². The third-order valence-electron chi connectivity index (χ3n) is 2.17. The van der Waals surface area contributed by atoms with E-state index in [1.54, 1.807) is 18.2 Å². The first-order chi connectivity index (χ1) is 8.90. The number of nitrogens with one attached hydrogen (secondary N) is 2. The lowest BCUT2D eigenvalue weighted by molar-refractivity contribution is -0.146. The molecule has 0 saturated heterocycles. The van der Waals surface area contributed by atoms with E-state index in [-0.39, 0.29) is 13.0 Å². The van der Waals surface area contributed by atoms with E-state index < -0.39 is 18.1 Å². The number of aliphatic hydroxyl groups excluding tert-OH is 1. The van der Waals surface area contributed by atoms with E-state index in [1.807, 2.05) is 0 Å². The van der Waals surface area contributed by atoms with E-state index >= 15 is 0 Å². The Morgan fingerprint density at radius 3 is 2.68 bits per heavy atom. The van der Waals surface area contributed by atoms with Gasteiger partial charge in [0.2, 0.25) is 0 Å². The Labute approximate surface area is 122 Å². The first-order valence-corrected chi connectivity index (χ1v) is 6.48. The monoisotopic (exact) mass is 350 g/mol. The summed E-state index contributed by atoms with van der Waals surface area (Å²) in [4.78, 5) is 21.8. The van der Waals surface area contributed by atoms with E-state index in [0.29, 0.717) is 15.2 Å². The Morgan fingerprint density at radius 2 is 2.11 bits per heavy atom. The Kier molecular flexibility index (Phi) is 6.07. The number of rotatable bonds is 5. The van der Waals surface area contributed by atoms with Crippen LogP contribution in [0.2, 0.25) is 5.02 Å². The highest BCUT2D eigenvalue weighted by atomic mass is 79.9. The number of carbonyl (C=O) groups is 2. The normalized spacial score (nSPS) is 11.7. The van der Waals surface area contributed by atoms with E-state index in [2.05, 4.69) is 26.6 Å². The third-order valence-corrected chi connectivity index (χ3v) is 3.06. The molecule has 104 valence electrons. The molecule has 0 aliphatic heterocycles.